The van der Waals surface area contributed by atoms with E-state index in [1.165, 1.54) is 10.4 Å². The number of halogens is 1. The average Bonchev–Trinajstić information content (AvgIpc) is 2.65. The monoisotopic (exact) mass is 267 g/mol. The van der Waals surface area contributed by atoms with Gasteiger partial charge < -0.3 is 0 Å². The van der Waals surface area contributed by atoms with Crippen molar-refractivity contribution in [3.8, 4) is 0 Å². The van der Waals surface area contributed by atoms with Crippen LogP contribution in [0.1, 0.15) is 23.2 Å². The Morgan fingerprint density at radius 1 is 1.41 bits per heavy atom. The third-order valence-electron chi connectivity index (χ3n) is 3.29. The summed E-state index contributed by atoms with van der Waals surface area (Å²) in [6, 6.07) is 0. The van der Waals surface area contributed by atoms with Gasteiger partial charge in [-0.2, -0.15) is 0 Å². The molecule has 3 rings (SSSR count). The van der Waals surface area contributed by atoms with Gasteiger partial charge in [-0.25, -0.2) is 9.97 Å². The van der Waals surface area contributed by atoms with Crippen LogP contribution in [-0.2, 0) is 13.0 Å². The number of thiophene rings is 1. The molecule has 17 heavy (non-hydrogen) atoms. The van der Waals surface area contributed by atoms with Crippen LogP contribution in [0.3, 0.4) is 0 Å². The van der Waals surface area contributed by atoms with Crippen LogP contribution in [-0.4, -0.2) is 28.0 Å². The second-order valence-electron chi connectivity index (χ2n) is 4.36. The predicted molar refractivity (Wildman–Crippen MR) is 71.8 cm³/mol. The van der Waals surface area contributed by atoms with E-state index in [9.17, 15) is 0 Å². The highest BCUT2D eigenvalue weighted by Crippen LogP contribution is 2.37. The number of hydrogen-bond donors (Lipinski definition) is 0. The van der Waals surface area contributed by atoms with E-state index in [0.29, 0.717) is 5.15 Å². The zero-order chi connectivity index (χ0) is 12.0. The van der Waals surface area contributed by atoms with E-state index in [1.54, 1.807) is 11.3 Å². The van der Waals surface area contributed by atoms with Crippen molar-refractivity contribution < 1.29 is 0 Å². The summed E-state index contributed by atoms with van der Waals surface area (Å²) < 4.78 is 0. The van der Waals surface area contributed by atoms with E-state index in [2.05, 4.69) is 21.8 Å². The zero-order valence-corrected chi connectivity index (χ0v) is 11.5. The zero-order valence-electron chi connectivity index (χ0n) is 9.96. The topological polar surface area (TPSA) is 29.0 Å². The number of nitrogens with zero attached hydrogens (tertiary/aromatic N) is 3. The third-order valence-corrected chi connectivity index (χ3v) is 4.68. The van der Waals surface area contributed by atoms with Gasteiger partial charge in [-0.1, -0.05) is 18.5 Å². The summed E-state index contributed by atoms with van der Waals surface area (Å²) in [7, 11) is 0. The first kappa shape index (κ1) is 11.4. The Balaban J connectivity index is 2.18. The van der Waals surface area contributed by atoms with Gasteiger partial charge in [-0.3, -0.25) is 4.90 Å². The molecular weight excluding hydrogens is 254 g/mol. The first-order valence-electron chi connectivity index (χ1n) is 5.85. The van der Waals surface area contributed by atoms with Crippen LogP contribution >= 0.6 is 22.9 Å². The lowest BCUT2D eigenvalue weighted by Crippen LogP contribution is -2.29. The highest BCUT2D eigenvalue weighted by atomic mass is 35.5. The minimum absolute atomic E-state index is 0.620. The minimum Gasteiger partial charge on any atom is -0.298 e. The van der Waals surface area contributed by atoms with Gasteiger partial charge >= 0.3 is 0 Å². The molecule has 2 aromatic heterocycles. The van der Waals surface area contributed by atoms with Crippen molar-refractivity contribution in [1.82, 2.24) is 14.9 Å². The lowest BCUT2D eigenvalue weighted by molar-refractivity contribution is 0.272. The van der Waals surface area contributed by atoms with Crippen LogP contribution in [0.5, 0.6) is 0 Å². The molecule has 0 N–H and O–H groups in total. The molecule has 3 nitrogen and oxygen atoms in total. The van der Waals surface area contributed by atoms with Gasteiger partial charge in [0.05, 0.1) is 5.39 Å². The van der Waals surface area contributed by atoms with E-state index < -0.39 is 0 Å². The van der Waals surface area contributed by atoms with Crippen molar-refractivity contribution in [3.05, 3.63) is 21.4 Å². The number of hydrogen-bond acceptors (Lipinski definition) is 4. The smallest absolute Gasteiger partial charge is 0.141 e. The van der Waals surface area contributed by atoms with Gasteiger partial charge in [0.25, 0.3) is 0 Å². The number of aryl methyl sites for hydroxylation is 1. The number of likely N-dealkylation sites (N-methyl/N-ethyl adjacent to an activating group) is 1. The Morgan fingerprint density at radius 3 is 3.00 bits per heavy atom. The van der Waals surface area contributed by atoms with Gasteiger partial charge in [0.1, 0.15) is 15.8 Å². The summed E-state index contributed by atoms with van der Waals surface area (Å²) >= 11 is 8.02. The summed E-state index contributed by atoms with van der Waals surface area (Å²) in [5.41, 5.74) is 1.37. The summed E-state index contributed by atoms with van der Waals surface area (Å²) in [6.07, 6.45) is 1.06. The minimum atomic E-state index is 0.620. The van der Waals surface area contributed by atoms with Crippen molar-refractivity contribution >= 4 is 33.2 Å². The quantitative estimate of drug-likeness (QED) is 0.744. The van der Waals surface area contributed by atoms with Crippen LogP contribution in [0.4, 0.5) is 0 Å². The molecular formula is C12H14ClN3S. The first-order valence-corrected chi connectivity index (χ1v) is 7.05. The Kier molecular flexibility index (Phi) is 2.81. The molecule has 1 aliphatic rings. The highest BCUT2D eigenvalue weighted by Gasteiger charge is 2.22. The molecule has 0 saturated heterocycles. The molecule has 1 aliphatic heterocycles. The van der Waals surface area contributed by atoms with E-state index in [0.717, 1.165) is 42.1 Å². The molecule has 0 unspecified atom stereocenters. The maximum Gasteiger partial charge on any atom is 0.141 e. The lowest BCUT2D eigenvalue weighted by Gasteiger charge is -2.25. The van der Waals surface area contributed by atoms with Gasteiger partial charge in [0.15, 0.2) is 0 Å². The fourth-order valence-electron chi connectivity index (χ4n) is 2.37. The number of rotatable bonds is 1. The van der Waals surface area contributed by atoms with Crippen LogP contribution in [0, 0.1) is 6.92 Å². The second-order valence-corrected chi connectivity index (χ2v) is 5.81. The first-order chi connectivity index (χ1) is 8.19. The van der Waals surface area contributed by atoms with Crippen LogP contribution in [0.2, 0.25) is 5.15 Å². The summed E-state index contributed by atoms with van der Waals surface area (Å²) in [4.78, 5) is 13.7. The summed E-state index contributed by atoms with van der Waals surface area (Å²) in [5.74, 6) is 0.758. The SMILES string of the molecule is CCN1CCc2c(sc3nc(C)nc(Cl)c23)C1. The molecule has 0 fully saturated rings. The molecule has 0 amide bonds. The van der Waals surface area contributed by atoms with Crippen LogP contribution in [0.25, 0.3) is 10.2 Å². The van der Waals surface area contributed by atoms with Gasteiger partial charge in [0, 0.05) is 18.0 Å². The van der Waals surface area contributed by atoms with Crippen molar-refractivity contribution in [2.45, 2.75) is 26.8 Å². The Hall–Kier alpha value is -0.710. The molecule has 5 heteroatoms. The molecule has 0 aliphatic carbocycles. The van der Waals surface area contributed by atoms with E-state index >= 15 is 0 Å². The van der Waals surface area contributed by atoms with Crippen LogP contribution < -0.4 is 0 Å². The van der Waals surface area contributed by atoms with E-state index in [4.69, 9.17) is 11.6 Å². The lowest BCUT2D eigenvalue weighted by atomic mass is 10.1. The standard InChI is InChI=1S/C12H14ClN3S/c1-3-16-5-4-8-9(6-16)17-12-10(8)11(13)14-7(2)15-12/h3-6H2,1-2H3. The molecule has 3 heterocycles. The Labute approximate surface area is 109 Å². The third kappa shape index (κ3) is 1.84. The summed E-state index contributed by atoms with van der Waals surface area (Å²) in [6.45, 7) is 7.34. The maximum atomic E-state index is 6.25. The fraction of sp³-hybridized carbons (Fsp3) is 0.500. The van der Waals surface area contributed by atoms with Crippen LogP contribution in [0.15, 0.2) is 0 Å². The molecule has 0 aromatic carbocycles. The number of fused-ring (bicyclic) bond motifs is 3. The molecule has 0 spiro atoms. The molecule has 0 radical (unpaired) electrons. The van der Waals surface area contributed by atoms with Crippen molar-refractivity contribution in [2.24, 2.45) is 0 Å². The molecule has 0 atom stereocenters. The van der Waals surface area contributed by atoms with Gasteiger partial charge in [0.2, 0.25) is 0 Å². The number of aromatic nitrogens is 2. The maximum absolute atomic E-state index is 6.25. The Morgan fingerprint density at radius 2 is 2.24 bits per heavy atom. The molecule has 90 valence electrons. The molecule has 2 aromatic rings. The highest BCUT2D eigenvalue weighted by molar-refractivity contribution is 7.19. The fourth-order valence-corrected chi connectivity index (χ4v) is 4.06. The van der Waals surface area contributed by atoms with Gasteiger partial charge in [-0.05, 0) is 25.5 Å². The van der Waals surface area contributed by atoms with Gasteiger partial charge in [-0.15, -0.1) is 11.3 Å². The van der Waals surface area contributed by atoms with E-state index in [-0.39, 0.29) is 0 Å². The molecule has 0 saturated carbocycles. The predicted octanol–water partition coefficient (Wildman–Crippen LogP) is 3.03. The van der Waals surface area contributed by atoms with E-state index in [1.807, 2.05) is 6.92 Å². The van der Waals surface area contributed by atoms with Crippen molar-refractivity contribution in [1.29, 1.82) is 0 Å². The largest absolute Gasteiger partial charge is 0.298 e. The van der Waals surface area contributed by atoms with Crippen molar-refractivity contribution in [3.63, 3.8) is 0 Å². The molecule has 0 bridgehead atoms. The van der Waals surface area contributed by atoms with Crippen molar-refractivity contribution in [2.75, 3.05) is 13.1 Å². The second kappa shape index (κ2) is 4.19. The summed E-state index contributed by atoms with van der Waals surface area (Å²) in [5, 5.41) is 1.71. The average molecular weight is 268 g/mol. The normalized spacial score (nSPS) is 16.4. The Bertz CT molecular complexity index is 579.